The third-order valence-electron chi connectivity index (χ3n) is 4.81. The van der Waals surface area contributed by atoms with Crippen molar-refractivity contribution in [1.82, 2.24) is 14.3 Å². The lowest BCUT2D eigenvalue weighted by atomic mass is 10.1. The van der Waals surface area contributed by atoms with Gasteiger partial charge in [0, 0.05) is 25.8 Å². The molecule has 4 rings (SSSR count). The molecule has 0 spiro atoms. The van der Waals surface area contributed by atoms with E-state index in [1.807, 2.05) is 4.90 Å². The Morgan fingerprint density at radius 3 is 2.82 bits per heavy atom. The summed E-state index contributed by atoms with van der Waals surface area (Å²) in [4.78, 5) is 23.1. The first kappa shape index (κ1) is 19.2. The van der Waals surface area contributed by atoms with Crippen molar-refractivity contribution in [1.29, 1.82) is 0 Å². The van der Waals surface area contributed by atoms with Crippen LogP contribution in [0.4, 0.5) is 5.95 Å². The number of hydrogen-bond donors (Lipinski definition) is 0. The minimum atomic E-state index is -3.84. The number of methoxy groups -OCH3 is 1. The Kier molecular flexibility index (Phi) is 5.32. The minimum Gasteiger partial charge on any atom is -0.465 e. The van der Waals surface area contributed by atoms with Crippen molar-refractivity contribution in [2.24, 2.45) is 0 Å². The molecule has 0 aromatic carbocycles. The maximum absolute atomic E-state index is 13.1. The maximum Gasteiger partial charge on any atom is 0.349 e. The van der Waals surface area contributed by atoms with Crippen molar-refractivity contribution in [2.45, 2.75) is 17.9 Å². The zero-order valence-corrected chi connectivity index (χ0v) is 17.0. The molecular formula is C17H20N4O5S2. The van der Waals surface area contributed by atoms with Gasteiger partial charge in [0.25, 0.3) is 0 Å². The summed E-state index contributed by atoms with van der Waals surface area (Å²) in [5, 5.41) is 1.58. The van der Waals surface area contributed by atoms with Gasteiger partial charge >= 0.3 is 5.97 Å². The van der Waals surface area contributed by atoms with E-state index in [4.69, 9.17) is 9.47 Å². The number of rotatable bonds is 4. The number of morpholine rings is 1. The summed E-state index contributed by atoms with van der Waals surface area (Å²) in [6.45, 7) is 3.11. The van der Waals surface area contributed by atoms with Crippen molar-refractivity contribution in [3.63, 3.8) is 0 Å². The number of hydrogen-bond acceptors (Lipinski definition) is 9. The van der Waals surface area contributed by atoms with Crippen LogP contribution in [0.25, 0.3) is 0 Å². The number of sulfonamides is 1. The SMILES string of the molecule is COC(=O)c1sccc1S(=O)(=O)N1CCc2cnc(N3CCOCC3)nc2C1. The zero-order chi connectivity index (χ0) is 19.7. The summed E-state index contributed by atoms with van der Waals surface area (Å²) in [6.07, 6.45) is 2.30. The highest BCUT2D eigenvalue weighted by Gasteiger charge is 2.33. The molecule has 0 amide bonds. The molecule has 0 aliphatic carbocycles. The second kappa shape index (κ2) is 7.74. The van der Waals surface area contributed by atoms with E-state index in [9.17, 15) is 13.2 Å². The average molecular weight is 425 g/mol. The van der Waals surface area contributed by atoms with Crippen molar-refractivity contribution in [3.8, 4) is 0 Å². The highest BCUT2D eigenvalue weighted by molar-refractivity contribution is 7.89. The van der Waals surface area contributed by atoms with Crippen LogP contribution >= 0.6 is 11.3 Å². The fourth-order valence-electron chi connectivity index (χ4n) is 3.27. The van der Waals surface area contributed by atoms with Gasteiger partial charge in [0.05, 0.1) is 32.6 Å². The fourth-order valence-corrected chi connectivity index (χ4v) is 5.98. The molecule has 2 aromatic heterocycles. The third kappa shape index (κ3) is 3.50. The summed E-state index contributed by atoms with van der Waals surface area (Å²) < 4.78 is 37.7. The Balaban J connectivity index is 1.61. The van der Waals surface area contributed by atoms with Crippen LogP contribution in [0.15, 0.2) is 22.5 Å². The van der Waals surface area contributed by atoms with E-state index < -0.39 is 16.0 Å². The van der Waals surface area contributed by atoms with Crippen LogP contribution in [0.1, 0.15) is 20.9 Å². The third-order valence-corrected chi connectivity index (χ3v) is 7.72. The van der Waals surface area contributed by atoms with Crippen LogP contribution in [0.5, 0.6) is 0 Å². The van der Waals surface area contributed by atoms with Gasteiger partial charge in [0.2, 0.25) is 16.0 Å². The molecule has 2 aliphatic heterocycles. The molecular weight excluding hydrogens is 404 g/mol. The number of aromatic nitrogens is 2. The predicted octanol–water partition coefficient (Wildman–Crippen LogP) is 0.908. The molecule has 9 nitrogen and oxygen atoms in total. The largest absolute Gasteiger partial charge is 0.465 e. The second-order valence-corrected chi connectivity index (χ2v) is 9.26. The minimum absolute atomic E-state index is 0.0183. The maximum atomic E-state index is 13.1. The van der Waals surface area contributed by atoms with Crippen LogP contribution < -0.4 is 4.90 Å². The fraction of sp³-hybridized carbons (Fsp3) is 0.471. The molecule has 28 heavy (non-hydrogen) atoms. The van der Waals surface area contributed by atoms with E-state index in [0.717, 1.165) is 16.9 Å². The van der Waals surface area contributed by atoms with Crippen LogP contribution in [0, 0.1) is 0 Å². The van der Waals surface area contributed by atoms with Gasteiger partial charge in [-0.3, -0.25) is 0 Å². The van der Waals surface area contributed by atoms with Gasteiger partial charge in [0.1, 0.15) is 9.77 Å². The van der Waals surface area contributed by atoms with E-state index in [2.05, 4.69) is 9.97 Å². The van der Waals surface area contributed by atoms with E-state index in [-0.39, 0.29) is 16.3 Å². The second-order valence-electron chi connectivity index (χ2n) is 6.44. The van der Waals surface area contributed by atoms with Gasteiger partial charge in [-0.15, -0.1) is 11.3 Å². The summed E-state index contributed by atoms with van der Waals surface area (Å²) in [5.41, 5.74) is 1.64. The van der Waals surface area contributed by atoms with Gasteiger partial charge in [-0.25, -0.2) is 23.2 Å². The van der Waals surface area contributed by atoms with Crippen LogP contribution in [0.3, 0.4) is 0 Å². The zero-order valence-electron chi connectivity index (χ0n) is 15.3. The van der Waals surface area contributed by atoms with Crippen molar-refractivity contribution >= 4 is 33.3 Å². The summed E-state index contributed by atoms with van der Waals surface area (Å²) in [7, 11) is -2.60. The first-order valence-electron chi connectivity index (χ1n) is 8.84. The summed E-state index contributed by atoms with van der Waals surface area (Å²) >= 11 is 1.06. The van der Waals surface area contributed by atoms with Gasteiger partial charge in [0.15, 0.2) is 0 Å². The quantitative estimate of drug-likeness (QED) is 0.668. The van der Waals surface area contributed by atoms with Gasteiger partial charge in [-0.1, -0.05) is 0 Å². The lowest BCUT2D eigenvalue weighted by Crippen LogP contribution is -2.39. The Hall–Kier alpha value is -2.08. The smallest absolute Gasteiger partial charge is 0.349 e. The summed E-state index contributed by atoms with van der Waals surface area (Å²) in [6, 6.07) is 1.45. The number of fused-ring (bicyclic) bond motifs is 1. The van der Waals surface area contributed by atoms with Gasteiger partial charge < -0.3 is 14.4 Å². The number of thiophene rings is 1. The summed E-state index contributed by atoms with van der Waals surface area (Å²) in [5.74, 6) is -0.0602. The van der Waals surface area contributed by atoms with Crippen LogP contribution in [0.2, 0.25) is 0 Å². The molecule has 0 unspecified atom stereocenters. The predicted molar refractivity (Wildman–Crippen MR) is 102 cm³/mol. The molecule has 0 bridgehead atoms. The molecule has 11 heteroatoms. The molecule has 150 valence electrons. The Bertz CT molecular complexity index is 985. The number of ether oxygens (including phenoxy) is 2. The molecule has 0 N–H and O–H groups in total. The Labute approximate surface area is 167 Å². The number of nitrogens with zero attached hydrogens (tertiary/aromatic N) is 4. The van der Waals surface area contributed by atoms with E-state index in [0.29, 0.717) is 50.9 Å². The Morgan fingerprint density at radius 2 is 2.07 bits per heavy atom. The van der Waals surface area contributed by atoms with E-state index in [1.165, 1.54) is 17.5 Å². The molecule has 1 saturated heterocycles. The standard InChI is InChI=1S/C17H20N4O5S2/c1-25-16(22)15-14(3-9-27-15)28(23,24)21-4-2-12-10-18-17(19-13(12)11-21)20-5-7-26-8-6-20/h3,9-10H,2,4-8,11H2,1H3. The van der Waals surface area contributed by atoms with Crippen molar-refractivity contribution < 1.29 is 22.7 Å². The molecule has 2 aromatic rings. The average Bonchev–Trinajstić information content (AvgIpc) is 3.24. The van der Waals surface area contributed by atoms with Crippen LogP contribution in [-0.2, 0) is 32.5 Å². The monoisotopic (exact) mass is 424 g/mol. The van der Waals surface area contributed by atoms with E-state index in [1.54, 1.807) is 11.6 Å². The molecule has 0 radical (unpaired) electrons. The van der Waals surface area contributed by atoms with Crippen LogP contribution in [-0.4, -0.2) is 68.6 Å². The molecule has 1 fully saturated rings. The van der Waals surface area contributed by atoms with E-state index >= 15 is 0 Å². The molecule has 0 saturated carbocycles. The number of carbonyl (C=O) groups is 1. The highest BCUT2D eigenvalue weighted by Crippen LogP contribution is 2.29. The van der Waals surface area contributed by atoms with Gasteiger partial charge in [-0.2, -0.15) is 4.31 Å². The first-order chi connectivity index (χ1) is 13.5. The normalized spacial score (nSPS) is 18.0. The lowest BCUT2D eigenvalue weighted by molar-refractivity contribution is 0.0602. The lowest BCUT2D eigenvalue weighted by Gasteiger charge is -2.30. The number of carbonyl (C=O) groups excluding carboxylic acids is 1. The highest BCUT2D eigenvalue weighted by atomic mass is 32.2. The number of esters is 1. The van der Waals surface area contributed by atoms with Crippen molar-refractivity contribution in [3.05, 3.63) is 33.8 Å². The van der Waals surface area contributed by atoms with Crippen molar-refractivity contribution in [2.75, 3.05) is 44.9 Å². The Morgan fingerprint density at radius 1 is 1.29 bits per heavy atom. The topological polar surface area (TPSA) is 102 Å². The molecule has 2 aliphatic rings. The molecule has 0 atom stereocenters. The number of anilines is 1. The van der Waals surface area contributed by atoms with Gasteiger partial charge in [-0.05, 0) is 23.4 Å². The first-order valence-corrected chi connectivity index (χ1v) is 11.2. The molecule has 4 heterocycles.